The Morgan fingerprint density at radius 1 is 0.688 bits per heavy atom. The summed E-state index contributed by atoms with van der Waals surface area (Å²) in [5, 5.41) is 19.0. The normalized spacial score (nSPS) is 22.5. The zero-order valence-electron chi connectivity index (χ0n) is 19.8. The van der Waals surface area contributed by atoms with Gasteiger partial charge >= 0.3 is 17.9 Å². The van der Waals surface area contributed by atoms with Crippen LogP contribution in [0.2, 0.25) is 0 Å². The minimum absolute atomic E-state index is 0.356. The molecule has 0 radical (unpaired) electrons. The fourth-order valence-corrected chi connectivity index (χ4v) is 3.76. The van der Waals surface area contributed by atoms with Crippen LogP contribution in [0.25, 0.3) is 0 Å². The van der Waals surface area contributed by atoms with Gasteiger partial charge in [0, 0.05) is 52.4 Å². The van der Waals surface area contributed by atoms with E-state index in [1.54, 1.807) is 37.5 Å². The van der Waals surface area contributed by atoms with E-state index in [1.807, 2.05) is 9.80 Å². The number of aldehydes is 1. The third-order valence-electron chi connectivity index (χ3n) is 6.37. The van der Waals surface area contributed by atoms with Crippen LogP contribution < -0.4 is 0 Å². The first kappa shape index (κ1) is 28.0. The van der Waals surface area contributed by atoms with Crippen molar-refractivity contribution in [3.8, 4) is 0 Å². The zero-order chi connectivity index (χ0) is 24.4. The van der Waals surface area contributed by atoms with E-state index in [2.05, 4.69) is 0 Å². The molecular formula is C21H38N4O7. The number of ether oxygens (including phenoxy) is 1. The summed E-state index contributed by atoms with van der Waals surface area (Å²) in [7, 11) is 1.33. The minimum atomic E-state index is -0.964. The maximum Gasteiger partial charge on any atom is 0.322 e. The highest BCUT2D eigenvalue weighted by Gasteiger charge is 2.29. The number of carboxylic acids is 2. The second kappa shape index (κ2) is 13.5. The fraction of sp³-hybridized carbons (Fsp3) is 0.810. The Morgan fingerprint density at radius 2 is 1.00 bits per heavy atom. The first-order chi connectivity index (χ1) is 15.0. The van der Waals surface area contributed by atoms with Gasteiger partial charge in [0.15, 0.2) is 0 Å². The van der Waals surface area contributed by atoms with Crippen LogP contribution in [-0.4, -0.2) is 138 Å². The van der Waals surface area contributed by atoms with Crippen LogP contribution in [0, 0.1) is 0 Å². The van der Waals surface area contributed by atoms with Crippen LogP contribution in [0.1, 0.15) is 27.7 Å². The summed E-state index contributed by atoms with van der Waals surface area (Å²) in [6.07, 6.45) is 0.848. The van der Waals surface area contributed by atoms with Crippen molar-refractivity contribution in [1.29, 1.82) is 0 Å². The number of methoxy groups -OCH3 is 1. The fourth-order valence-electron chi connectivity index (χ4n) is 3.76. The van der Waals surface area contributed by atoms with E-state index in [4.69, 9.17) is 4.74 Å². The van der Waals surface area contributed by atoms with Crippen LogP contribution >= 0.6 is 0 Å². The van der Waals surface area contributed by atoms with E-state index in [9.17, 15) is 29.4 Å². The number of esters is 1. The van der Waals surface area contributed by atoms with Crippen molar-refractivity contribution in [3.63, 3.8) is 0 Å². The number of carbonyl (C=O) groups excluding carboxylic acids is 2. The van der Waals surface area contributed by atoms with Gasteiger partial charge in [-0.05, 0) is 27.7 Å². The standard InChI is InChI=1S/C21H38N4O7/c1-15(14-26)22-6-8-23(16(2)19(27)28)10-11-24(17(3)20(29)30)12-13-25(9-7-22)18(4)21(31)32-5/h14-18H,6-13H2,1-5H3,(H,27,28)(H,29,30). The average Bonchev–Trinajstić information content (AvgIpc) is 2.76. The molecule has 11 nitrogen and oxygen atoms in total. The molecule has 0 saturated carbocycles. The Bertz CT molecular complexity index is 648. The van der Waals surface area contributed by atoms with Crippen molar-refractivity contribution in [2.75, 3.05) is 59.5 Å². The van der Waals surface area contributed by atoms with Crippen molar-refractivity contribution in [1.82, 2.24) is 19.6 Å². The lowest BCUT2D eigenvalue weighted by Crippen LogP contribution is -2.54. The molecule has 1 fully saturated rings. The second-order valence-corrected chi connectivity index (χ2v) is 8.25. The highest BCUT2D eigenvalue weighted by molar-refractivity contribution is 5.75. The highest BCUT2D eigenvalue weighted by atomic mass is 16.5. The lowest BCUT2D eigenvalue weighted by atomic mass is 10.2. The Kier molecular flexibility index (Phi) is 11.8. The van der Waals surface area contributed by atoms with E-state index < -0.39 is 30.1 Å². The van der Waals surface area contributed by atoms with Gasteiger partial charge in [0.2, 0.25) is 0 Å². The molecule has 1 aliphatic rings. The average molecular weight is 459 g/mol. The number of carbonyl (C=O) groups is 4. The van der Waals surface area contributed by atoms with Gasteiger partial charge in [-0.3, -0.25) is 34.0 Å². The van der Waals surface area contributed by atoms with Crippen molar-refractivity contribution in [3.05, 3.63) is 0 Å². The summed E-state index contributed by atoms with van der Waals surface area (Å²) in [6.45, 7) is 10.1. The predicted octanol–water partition coefficient (Wildman–Crippen LogP) is -0.697. The zero-order valence-corrected chi connectivity index (χ0v) is 19.8. The molecule has 4 unspecified atom stereocenters. The van der Waals surface area contributed by atoms with Gasteiger partial charge in [-0.1, -0.05) is 0 Å². The van der Waals surface area contributed by atoms with Crippen LogP contribution in [-0.2, 0) is 23.9 Å². The van der Waals surface area contributed by atoms with Gasteiger partial charge in [-0.2, -0.15) is 0 Å². The summed E-state index contributed by atoms with van der Waals surface area (Å²) in [5.74, 6) is -2.30. The topological polar surface area (TPSA) is 131 Å². The Hall–Kier alpha value is -2.08. The van der Waals surface area contributed by atoms with E-state index in [0.717, 1.165) is 6.29 Å². The molecular weight excluding hydrogens is 420 g/mol. The SMILES string of the molecule is COC(=O)C(C)N1CCN(C(C)C=O)CCN(C(C)C(=O)O)CCN(C(C)C(=O)O)CC1. The Morgan fingerprint density at radius 3 is 1.28 bits per heavy atom. The number of carboxylic acid groups (broad SMARTS) is 2. The smallest absolute Gasteiger partial charge is 0.322 e. The van der Waals surface area contributed by atoms with Gasteiger partial charge < -0.3 is 19.7 Å². The third-order valence-corrected chi connectivity index (χ3v) is 6.37. The van der Waals surface area contributed by atoms with Crippen LogP contribution in [0.5, 0.6) is 0 Å². The highest BCUT2D eigenvalue weighted by Crippen LogP contribution is 2.10. The van der Waals surface area contributed by atoms with Gasteiger partial charge in [0.1, 0.15) is 24.4 Å². The van der Waals surface area contributed by atoms with Crippen molar-refractivity contribution in [2.45, 2.75) is 51.9 Å². The first-order valence-corrected chi connectivity index (χ1v) is 11.0. The Balaban J connectivity index is 3.19. The number of aliphatic carboxylic acids is 2. The maximum atomic E-state index is 12.2. The van der Waals surface area contributed by atoms with Gasteiger partial charge in [0.25, 0.3) is 0 Å². The summed E-state index contributed by atoms with van der Waals surface area (Å²) >= 11 is 0. The second-order valence-electron chi connectivity index (χ2n) is 8.25. The number of hydrogen-bond acceptors (Lipinski definition) is 9. The molecule has 0 aromatic carbocycles. The van der Waals surface area contributed by atoms with Crippen molar-refractivity contribution in [2.24, 2.45) is 0 Å². The van der Waals surface area contributed by atoms with E-state index >= 15 is 0 Å². The molecule has 1 heterocycles. The molecule has 11 heteroatoms. The first-order valence-electron chi connectivity index (χ1n) is 11.0. The quantitative estimate of drug-likeness (QED) is 0.354. The lowest BCUT2D eigenvalue weighted by Gasteiger charge is -2.38. The van der Waals surface area contributed by atoms with E-state index in [0.29, 0.717) is 52.4 Å². The minimum Gasteiger partial charge on any atom is -0.480 e. The molecule has 1 rings (SSSR count). The van der Waals surface area contributed by atoms with Gasteiger partial charge in [-0.25, -0.2) is 0 Å². The largest absolute Gasteiger partial charge is 0.480 e. The molecule has 184 valence electrons. The lowest BCUT2D eigenvalue weighted by molar-refractivity contribution is -0.147. The Labute approximate surface area is 189 Å². The van der Waals surface area contributed by atoms with E-state index in [1.165, 1.54) is 7.11 Å². The molecule has 0 spiro atoms. The summed E-state index contributed by atoms with van der Waals surface area (Å²) in [4.78, 5) is 54.3. The molecule has 1 saturated heterocycles. The summed E-state index contributed by atoms with van der Waals surface area (Å²) in [5.41, 5.74) is 0. The monoisotopic (exact) mass is 458 g/mol. The maximum absolute atomic E-state index is 12.2. The molecule has 0 aliphatic carbocycles. The molecule has 2 N–H and O–H groups in total. The molecule has 1 aliphatic heterocycles. The summed E-state index contributed by atoms with van der Waals surface area (Å²) in [6, 6.07) is -2.40. The number of rotatable bonds is 8. The van der Waals surface area contributed by atoms with Crippen LogP contribution in [0.3, 0.4) is 0 Å². The molecule has 32 heavy (non-hydrogen) atoms. The number of nitrogens with zero attached hydrogens (tertiary/aromatic N) is 4. The molecule has 0 aromatic heterocycles. The van der Waals surface area contributed by atoms with Gasteiger partial charge in [-0.15, -0.1) is 0 Å². The van der Waals surface area contributed by atoms with E-state index in [-0.39, 0.29) is 12.0 Å². The molecule has 0 amide bonds. The molecule has 0 aromatic rings. The summed E-state index contributed by atoms with van der Waals surface area (Å²) < 4.78 is 4.89. The third kappa shape index (κ3) is 8.12. The van der Waals surface area contributed by atoms with Crippen molar-refractivity contribution < 1.29 is 34.1 Å². The predicted molar refractivity (Wildman–Crippen MR) is 117 cm³/mol. The van der Waals surface area contributed by atoms with Gasteiger partial charge in [0.05, 0.1) is 13.2 Å². The molecule has 0 bridgehead atoms. The number of hydrogen-bond donors (Lipinski definition) is 2. The molecule has 4 atom stereocenters. The van der Waals surface area contributed by atoms with Crippen LogP contribution in [0.4, 0.5) is 0 Å². The van der Waals surface area contributed by atoms with Crippen molar-refractivity contribution >= 4 is 24.2 Å². The van der Waals surface area contributed by atoms with Crippen LogP contribution in [0.15, 0.2) is 0 Å².